The molecule has 60 valence electrons. The number of fused-ring (bicyclic) bond motifs is 1. The molecule has 0 unspecified atom stereocenters. The van der Waals surface area contributed by atoms with E-state index in [4.69, 9.17) is 5.26 Å². The van der Waals surface area contributed by atoms with Crippen molar-refractivity contribution in [1.82, 2.24) is 0 Å². The first-order chi connectivity index (χ1) is 5.92. The highest BCUT2D eigenvalue weighted by molar-refractivity contribution is 7.99. The highest BCUT2D eigenvalue weighted by Gasteiger charge is 2.18. The molecule has 1 aliphatic rings. The highest BCUT2D eigenvalue weighted by Crippen LogP contribution is 2.36. The summed E-state index contributed by atoms with van der Waals surface area (Å²) in [5.74, 6) is 1.21. The van der Waals surface area contributed by atoms with Crippen molar-refractivity contribution in [2.75, 3.05) is 5.75 Å². The van der Waals surface area contributed by atoms with E-state index in [1.165, 1.54) is 10.5 Å². The van der Waals surface area contributed by atoms with Gasteiger partial charge in [-0.1, -0.05) is 18.2 Å². The van der Waals surface area contributed by atoms with Crippen molar-refractivity contribution in [3.8, 4) is 6.07 Å². The monoisotopic (exact) mass is 175 g/mol. The third kappa shape index (κ3) is 1.21. The second-order valence-electron chi connectivity index (χ2n) is 2.86. The molecule has 0 amide bonds. The third-order valence-electron chi connectivity index (χ3n) is 2.11. The van der Waals surface area contributed by atoms with Gasteiger partial charge in [-0.2, -0.15) is 5.26 Å². The third-order valence-corrected chi connectivity index (χ3v) is 3.24. The number of benzene rings is 1. The minimum absolute atomic E-state index is 0.127. The molecule has 0 N–H and O–H groups in total. The van der Waals surface area contributed by atoms with Crippen LogP contribution in [0.5, 0.6) is 0 Å². The molecule has 1 heterocycles. The van der Waals surface area contributed by atoms with Gasteiger partial charge in [-0.05, 0) is 23.8 Å². The van der Waals surface area contributed by atoms with Crippen LogP contribution in [0.1, 0.15) is 17.9 Å². The number of nitriles is 1. The summed E-state index contributed by atoms with van der Waals surface area (Å²) in [4.78, 5) is 1.29. The molecule has 12 heavy (non-hydrogen) atoms. The van der Waals surface area contributed by atoms with Gasteiger partial charge in [0.2, 0.25) is 0 Å². The first kappa shape index (κ1) is 7.70. The van der Waals surface area contributed by atoms with Crippen LogP contribution in [0.3, 0.4) is 0 Å². The van der Waals surface area contributed by atoms with E-state index in [1.54, 1.807) is 0 Å². The molecule has 0 radical (unpaired) electrons. The molecule has 0 spiro atoms. The largest absolute Gasteiger partial charge is 0.198 e. The molecule has 0 bridgehead atoms. The second-order valence-corrected chi connectivity index (χ2v) is 3.99. The van der Waals surface area contributed by atoms with Gasteiger partial charge in [0, 0.05) is 4.90 Å². The number of thioether (sulfide) groups is 1. The van der Waals surface area contributed by atoms with Gasteiger partial charge in [0.25, 0.3) is 0 Å². The minimum Gasteiger partial charge on any atom is -0.198 e. The van der Waals surface area contributed by atoms with E-state index in [9.17, 15) is 0 Å². The zero-order valence-electron chi connectivity index (χ0n) is 6.66. The average molecular weight is 175 g/mol. The maximum atomic E-state index is 8.88. The van der Waals surface area contributed by atoms with Crippen LogP contribution in [0.4, 0.5) is 0 Å². The molecule has 0 saturated heterocycles. The van der Waals surface area contributed by atoms with Gasteiger partial charge >= 0.3 is 0 Å². The molecule has 0 saturated carbocycles. The number of hydrogen-bond donors (Lipinski definition) is 0. The van der Waals surface area contributed by atoms with E-state index in [1.807, 2.05) is 23.9 Å². The van der Waals surface area contributed by atoms with Crippen LogP contribution >= 0.6 is 11.8 Å². The van der Waals surface area contributed by atoms with Crippen molar-refractivity contribution in [2.24, 2.45) is 0 Å². The van der Waals surface area contributed by atoms with Gasteiger partial charge in [-0.3, -0.25) is 0 Å². The summed E-state index contributed by atoms with van der Waals surface area (Å²) < 4.78 is 0. The molecule has 0 fully saturated rings. The summed E-state index contributed by atoms with van der Waals surface area (Å²) in [7, 11) is 0. The summed E-state index contributed by atoms with van der Waals surface area (Å²) in [5, 5.41) is 8.88. The summed E-state index contributed by atoms with van der Waals surface area (Å²) in [6, 6.07) is 10.6. The maximum Gasteiger partial charge on any atom is 0.0731 e. The lowest BCUT2D eigenvalue weighted by Gasteiger charge is -2.18. The minimum atomic E-state index is 0.127. The Morgan fingerprint density at radius 1 is 1.42 bits per heavy atom. The summed E-state index contributed by atoms with van der Waals surface area (Å²) in [6.07, 6.45) is 0.998. The summed E-state index contributed by atoms with van der Waals surface area (Å²) in [5.41, 5.74) is 1.22. The molecule has 1 atom stereocenters. The Morgan fingerprint density at radius 2 is 2.25 bits per heavy atom. The van der Waals surface area contributed by atoms with Gasteiger partial charge in [-0.15, -0.1) is 11.8 Å². The summed E-state index contributed by atoms with van der Waals surface area (Å²) >= 11 is 1.86. The first-order valence-corrected chi connectivity index (χ1v) is 5.01. The molecule has 1 aromatic carbocycles. The van der Waals surface area contributed by atoms with Crippen molar-refractivity contribution in [1.29, 1.82) is 5.26 Å². The first-order valence-electron chi connectivity index (χ1n) is 4.03. The van der Waals surface area contributed by atoms with Crippen LogP contribution in [0.25, 0.3) is 0 Å². The van der Waals surface area contributed by atoms with Crippen molar-refractivity contribution in [3.05, 3.63) is 29.8 Å². The molecular weight excluding hydrogens is 166 g/mol. The fraction of sp³-hybridized carbons (Fsp3) is 0.300. The standard InChI is InChI=1S/C10H9NS/c11-7-8-5-6-12-10-4-2-1-3-9(8)10/h1-4,8H,5-6H2/t8-/m0/s1. The Bertz CT molecular complexity index is 327. The van der Waals surface area contributed by atoms with Gasteiger partial charge in [0.05, 0.1) is 12.0 Å². The van der Waals surface area contributed by atoms with Gasteiger partial charge in [-0.25, -0.2) is 0 Å². The highest BCUT2D eigenvalue weighted by atomic mass is 32.2. The van der Waals surface area contributed by atoms with Crippen LogP contribution < -0.4 is 0 Å². The molecule has 0 aliphatic carbocycles. The smallest absolute Gasteiger partial charge is 0.0731 e. The normalized spacial score (nSPS) is 21.1. The Kier molecular flexibility index (Phi) is 2.05. The van der Waals surface area contributed by atoms with Crippen LogP contribution in [0.15, 0.2) is 29.2 Å². The van der Waals surface area contributed by atoms with Crippen molar-refractivity contribution in [2.45, 2.75) is 17.2 Å². The zero-order valence-corrected chi connectivity index (χ0v) is 7.47. The Morgan fingerprint density at radius 3 is 3.08 bits per heavy atom. The van der Waals surface area contributed by atoms with Gasteiger partial charge in [0.15, 0.2) is 0 Å². The summed E-state index contributed by atoms with van der Waals surface area (Å²) in [6.45, 7) is 0. The average Bonchev–Trinajstić information content (AvgIpc) is 2.17. The van der Waals surface area contributed by atoms with E-state index < -0.39 is 0 Å². The molecule has 1 aromatic rings. The molecule has 2 heteroatoms. The van der Waals surface area contributed by atoms with Crippen LogP contribution in [0, 0.1) is 11.3 Å². The van der Waals surface area contributed by atoms with E-state index in [0.717, 1.165) is 12.2 Å². The van der Waals surface area contributed by atoms with Crippen molar-refractivity contribution >= 4 is 11.8 Å². The fourth-order valence-electron chi connectivity index (χ4n) is 1.48. The lowest BCUT2D eigenvalue weighted by molar-refractivity contribution is 0.793. The predicted molar refractivity (Wildman–Crippen MR) is 50.1 cm³/mol. The van der Waals surface area contributed by atoms with Gasteiger partial charge in [0.1, 0.15) is 0 Å². The lowest BCUT2D eigenvalue weighted by Crippen LogP contribution is -2.04. The quantitative estimate of drug-likeness (QED) is 0.605. The number of nitrogens with zero attached hydrogens (tertiary/aromatic N) is 1. The molecule has 2 rings (SSSR count). The molecule has 1 nitrogen and oxygen atoms in total. The SMILES string of the molecule is N#C[C@@H]1CCSc2ccccc21. The maximum absolute atomic E-state index is 8.88. The van der Waals surface area contributed by atoms with Crippen molar-refractivity contribution < 1.29 is 0 Å². The van der Waals surface area contributed by atoms with E-state index in [0.29, 0.717) is 0 Å². The fourth-order valence-corrected chi connectivity index (χ4v) is 2.60. The second kappa shape index (κ2) is 3.20. The number of rotatable bonds is 0. The molecule has 0 aromatic heterocycles. The topological polar surface area (TPSA) is 23.8 Å². The number of hydrogen-bond acceptors (Lipinski definition) is 2. The zero-order chi connectivity index (χ0) is 8.39. The predicted octanol–water partition coefficient (Wildman–Crippen LogP) is 2.79. The van der Waals surface area contributed by atoms with Gasteiger partial charge < -0.3 is 0 Å². The Hall–Kier alpha value is -0.940. The van der Waals surface area contributed by atoms with Crippen LogP contribution in [-0.2, 0) is 0 Å². The Labute approximate surface area is 76.4 Å². The van der Waals surface area contributed by atoms with E-state index in [2.05, 4.69) is 18.2 Å². The molecule has 1 aliphatic heterocycles. The van der Waals surface area contributed by atoms with Crippen LogP contribution in [-0.4, -0.2) is 5.75 Å². The van der Waals surface area contributed by atoms with Crippen LogP contribution in [0.2, 0.25) is 0 Å². The Balaban J connectivity index is 2.45. The van der Waals surface area contributed by atoms with Crippen molar-refractivity contribution in [3.63, 3.8) is 0 Å². The molecular formula is C10H9NS. The lowest BCUT2D eigenvalue weighted by atomic mass is 9.98. The van der Waals surface area contributed by atoms with E-state index in [-0.39, 0.29) is 5.92 Å². The van der Waals surface area contributed by atoms with E-state index >= 15 is 0 Å².